The van der Waals surface area contributed by atoms with Gasteiger partial charge in [0, 0.05) is 19.3 Å². The van der Waals surface area contributed by atoms with Gasteiger partial charge in [0.2, 0.25) is 0 Å². The molecule has 2 N–H and O–H groups in total. The zero-order valence-electron chi connectivity index (χ0n) is 17.7. The van der Waals surface area contributed by atoms with E-state index >= 15 is 0 Å². The van der Waals surface area contributed by atoms with E-state index in [-0.39, 0.29) is 22.5 Å². The van der Waals surface area contributed by atoms with Crippen molar-refractivity contribution in [3.05, 3.63) is 87.3 Å². The lowest BCUT2D eigenvalue weighted by molar-refractivity contribution is 0.0951. The van der Waals surface area contributed by atoms with E-state index in [2.05, 4.69) is 5.32 Å². The first-order valence-electron chi connectivity index (χ1n) is 10.4. The van der Waals surface area contributed by atoms with Crippen molar-refractivity contribution in [2.24, 2.45) is 0 Å². The highest BCUT2D eigenvalue weighted by atomic mass is 16.1. The Kier molecular flexibility index (Phi) is 5.66. The Bertz CT molecular complexity index is 1390. The largest absolute Gasteiger partial charge is 0.352 e. The monoisotopic (exact) mass is 415 g/mol. The summed E-state index contributed by atoms with van der Waals surface area (Å²) in [5.41, 5.74) is 3.00. The molecule has 31 heavy (non-hydrogen) atoms. The number of aryl methyl sites for hydroxylation is 2. The molecule has 4 rings (SSSR count). The van der Waals surface area contributed by atoms with Crippen molar-refractivity contribution in [2.75, 3.05) is 6.54 Å². The van der Waals surface area contributed by atoms with Crippen molar-refractivity contribution in [3.8, 4) is 0 Å². The lowest BCUT2D eigenvalue weighted by atomic mass is 10.1. The Morgan fingerprint density at radius 1 is 1.13 bits per heavy atom. The molecule has 0 aliphatic rings. The van der Waals surface area contributed by atoms with Crippen LogP contribution in [-0.4, -0.2) is 26.4 Å². The van der Waals surface area contributed by atoms with E-state index < -0.39 is 0 Å². The maximum Gasteiger partial charge on any atom is 0.267 e. The van der Waals surface area contributed by atoms with Crippen LogP contribution in [0, 0.1) is 12.3 Å². The van der Waals surface area contributed by atoms with Crippen molar-refractivity contribution < 1.29 is 4.79 Å². The number of hydrogen-bond donors (Lipinski definition) is 2. The number of benzene rings is 1. The molecule has 3 aromatic heterocycles. The minimum atomic E-state index is -0.360. The van der Waals surface area contributed by atoms with Gasteiger partial charge in [-0.3, -0.25) is 19.4 Å². The fraction of sp³-hybridized carbons (Fsp3) is 0.250. The number of carbonyl (C=O) groups excluding carboxylic acids is 1. The zero-order valence-corrected chi connectivity index (χ0v) is 17.7. The SMILES string of the molecule is CCCn1c(=N)c(C(=O)NCCc2ccccc2)cc2c(=O)n3cccc(C)c3nc21. The quantitative estimate of drug-likeness (QED) is 0.474. The van der Waals surface area contributed by atoms with Gasteiger partial charge in [-0.05, 0) is 43.0 Å². The number of carbonyl (C=O) groups is 1. The first-order chi connectivity index (χ1) is 15.0. The lowest BCUT2D eigenvalue weighted by Crippen LogP contribution is -2.35. The smallest absolute Gasteiger partial charge is 0.267 e. The molecule has 0 fully saturated rings. The Morgan fingerprint density at radius 3 is 2.65 bits per heavy atom. The Balaban J connectivity index is 1.78. The van der Waals surface area contributed by atoms with E-state index in [1.807, 2.05) is 50.2 Å². The van der Waals surface area contributed by atoms with Gasteiger partial charge >= 0.3 is 0 Å². The first-order valence-corrected chi connectivity index (χ1v) is 10.4. The summed E-state index contributed by atoms with van der Waals surface area (Å²) in [6, 6.07) is 15.1. The molecular weight excluding hydrogens is 390 g/mol. The summed E-state index contributed by atoms with van der Waals surface area (Å²) in [5.74, 6) is -0.360. The number of amides is 1. The number of nitrogens with zero attached hydrogens (tertiary/aromatic N) is 3. The average molecular weight is 415 g/mol. The standard InChI is InChI=1S/C24H25N5O2/c1-3-13-28-20(25)18(23(30)26-12-11-17-9-5-4-6-10-17)15-19-22(28)27-21-16(2)8-7-14-29(21)24(19)31/h4-10,14-15,25H,3,11-13H2,1-2H3,(H,26,30). The molecule has 4 aromatic rings. The summed E-state index contributed by atoms with van der Waals surface area (Å²) < 4.78 is 3.16. The molecule has 158 valence electrons. The van der Waals surface area contributed by atoms with Crippen molar-refractivity contribution >= 4 is 22.6 Å². The summed E-state index contributed by atoms with van der Waals surface area (Å²) in [4.78, 5) is 30.8. The highest BCUT2D eigenvalue weighted by Gasteiger charge is 2.17. The van der Waals surface area contributed by atoms with Crippen molar-refractivity contribution in [1.82, 2.24) is 19.3 Å². The summed E-state index contributed by atoms with van der Waals surface area (Å²) in [7, 11) is 0. The van der Waals surface area contributed by atoms with E-state index in [0.717, 1.165) is 17.5 Å². The third-order valence-corrected chi connectivity index (χ3v) is 5.37. The molecule has 0 atom stereocenters. The number of fused-ring (bicyclic) bond motifs is 2. The normalized spacial score (nSPS) is 11.2. The minimum Gasteiger partial charge on any atom is -0.352 e. The van der Waals surface area contributed by atoms with Crippen LogP contribution >= 0.6 is 0 Å². The van der Waals surface area contributed by atoms with E-state index in [1.54, 1.807) is 16.8 Å². The van der Waals surface area contributed by atoms with E-state index in [9.17, 15) is 9.59 Å². The van der Waals surface area contributed by atoms with E-state index in [1.165, 1.54) is 10.5 Å². The third-order valence-electron chi connectivity index (χ3n) is 5.37. The fourth-order valence-electron chi connectivity index (χ4n) is 3.77. The summed E-state index contributed by atoms with van der Waals surface area (Å²) in [5, 5.41) is 11.9. The number of pyridine rings is 2. The van der Waals surface area contributed by atoms with Gasteiger partial charge in [0.1, 0.15) is 16.8 Å². The molecule has 7 heteroatoms. The molecule has 0 radical (unpaired) electrons. The van der Waals surface area contributed by atoms with E-state index in [4.69, 9.17) is 10.4 Å². The number of aromatic nitrogens is 3. The van der Waals surface area contributed by atoms with Gasteiger partial charge < -0.3 is 9.88 Å². The second-order valence-corrected chi connectivity index (χ2v) is 7.59. The van der Waals surface area contributed by atoms with E-state index in [0.29, 0.717) is 36.2 Å². The van der Waals surface area contributed by atoms with Crippen LogP contribution in [0.25, 0.3) is 16.7 Å². The van der Waals surface area contributed by atoms with Gasteiger partial charge in [0.25, 0.3) is 11.5 Å². The highest BCUT2D eigenvalue weighted by molar-refractivity contribution is 5.96. The van der Waals surface area contributed by atoms with Crippen LogP contribution in [0.1, 0.15) is 34.8 Å². The maximum atomic E-state index is 13.2. The molecule has 0 saturated heterocycles. The molecular formula is C24H25N5O2. The lowest BCUT2D eigenvalue weighted by Gasteiger charge is -2.14. The molecule has 0 bridgehead atoms. The number of nitrogens with one attached hydrogen (secondary N) is 2. The van der Waals surface area contributed by atoms with Crippen LogP contribution in [0.5, 0.6) is 0 Å². The van der Waals surface area contributed by atoms with Crippen molar-refractivity contribution in [1.29, 1.82) is 5.41 Å². The Morgan fingerprint density at radius 2 is 1.90 bits per heavy atom. The Labute approximate surface area is 179 Å². The van der Waals surface area contributed by atoms with Gasteiger partial charge in [-0.25, -0.2) is 4.98 Å². The molecule has 3 heterocycles. The minimum absolute atomic E-state index is 0.0661. The second-order valence-electron chi connectivity index (χ2n) is 7.59. The summed E-state index contributed by atoms with van der Waals surface area (Å²) in [6.45, 7) is 4.83. The third kappa shape index (κ3) is 3.86. The van der Waals surface area contributed by atoms with Gasteiger partial charge in [0.15, 0.2) is 0 Å². The Hall–Kier alpha value is -3.74. The van der Waals surface area contributed by atoms with Crippen LogP contribution in [0.2, 0.25) is 0 Å². The molecule has 0 spiro atoms. The molecule has 1 amide bonds. The van der Waals surface area contributed by atoms with Gasteiger partial charge in [-0.1, -0.05) is 43.3 Å². The average Bonchev–Trinajstić information content (AvgIpc) is 2.77. The molecule has 1 aromatic carbocycles. The predicted octanol–water partition coefficient (Wildman–Crippen LogP) is 2.82. The highest BCUT2D eigenvalue weighted by Crippen LogP contribution is 2.13. The number of rotatable bonds is 6. The van der Waals surface area contributed by atoms with Gasteiger partial charge in [-0.2, -0.15) is 0 Å². The van der Waals surface area contributed by atoms with Crippen LogP contribution in [-0.2, 0) is 13.0 Å². The second kappa shape index (κ2) is 8.55. The van der Waals surface area contributed by atoms with Crippen LogP contribution < -0.4 is 16.4 Å². The maximum absolute atomic E-state index is 13.2. The molecule has 0 unspecified atom stereocenters. The number of hydrogen-bond acceptors (Lipinski definition) is 4. The molecule has 7 nitrogen and oxygen atoms in total. The first kappa shape index (κ1) is 20.5. The van der Waals surface area contributed by atoms with Gasteiger partial charge in [-0.15, -0.1) is 0 Å². The molecule has 0 saturated carbocycles. The van der Waals surface area contributed by atoms with Crippen LogP contribution in [0.4, 0.5) is 0 Å². The molecule has 0 aliphatic carbocycles. The fourth-order valence-corrected chi connectivity index (χ4v) is 3.77. The van der Waals surface area contributed by atoms with Crippen LogP contribution in [0.3, 0.4) is 0 Å². The van der Waals surface area contributed by atoms with Crippen molar-refractivity contribution in [3.63, 3.8) is 0 Å². The zero-order chi connectivity index (χ0) is 22.0. The molecule has 0 aliphatic heterocycles. The van der Waals surface area contributed by atoms with Crippen molar-refractivity contribution in [2.45, 2.75) is 33.2 Å². The topological polar surface area (TPSA) is 92.2 Å². The predicted molar refractivity (Wildman–Crippen MR) is 120 cm³/mol. The summed E-state index contributed by atoms with van der Waals surface area (Å²) in [6.07, 6.45) is 3.12. The summed E-state index contributed by atoms with van der Waals surface area (Å²) >= 11 is 0. The van der Waals surface area contributed by atoms with Gasteiger partial charge in [0.05, 0.1) is 10.9 Å². The van der Waals surface area contributed by atoms with Crippen LogP contribution in [0.15, 0.2) is 59.5 Å².